The number of likely N-dealkylation sites (tertiary alicyclic amines) is 1. The molecular formula is C11H23NS. The molecule has 0 aromatic carbocycles. The molecule has 1 saturated heterocycles. The Morgan fingerprint density at radius 3 is 2.62 bits per heavy atom. The van der Waals surface area contributed by atoms with E-state index in [9.17, 15) is 0 Å². The van der Waals surface area contributed by atoms with E-state index in [0.717, 1.165) is 11.8 Å². The Morgan fingerprint density at radius 2 is 2.08 bits per heavy atom. The van der Waals surface area contributed by atoms with Crippen molar-refractivity contribution in [3.63, 3.8) is 0 Å². The average Bonchev–Trinajstić information content (AvgIpc) is 2.09. The third-order valence-corrected chi connectivity index (χ3v) is 3.86. The summed E-state index contributed by atoms with van der Waals surface area (Å²) in [4.78, 5) is 2.62. The number of thiol groups is 1. The highest BCUT2D eigenvalue weighted by Gasteiger charge is 2.25. The van der Waals surface area contributed by atoms with Crippen LogP contribution in [0.2, 0.25) is 0 Å². The Bertz CT molecular complexity index is 156. The highest BCUT2D eigenvalue weighted by Crippen LogP contribution is 2.24. The van der Waals surface area contributed by atoms with Gasteiger partial charge in [-0.05, 0) is 37.5 Å². The van der Waals surface area contributed by atoms with Gasteiger partial charge in [-0.25, -0.2) is 0 Å². The molecular weight excluding hydrogens is 178 g/mol. The van der Waals surface area contributed by atoms with Crippen molar-refractivity contribution in [3.05, 3.63) is 0 Å². The maximum Gasteiger partial charge on any atom is 0.00671 e. The average molecular weight is 201 g/mol. The van der Waals surface area contributed by atoms with Gasteiger partial charge in [0.15, 0.2) is 0 Å². The third-order valence-electron chi connectivity index (χ3n) is 3.00. The first-order valence-corrected chi connectivity index (χ1v) is 6.03. The minimum atomic E-state index is 0.370. The lowest BCUT2D eigenvalue weighted by Crippen LogP contribution is -2.43. The summed E-state index contributed by atoms with van der Waals surface area (Å²) in [5, 5.41) is 0. The summed E-state index contributed by atoms with van der Waals surface area (Å²) < 4.78 is 0. The van der Waals surface area contributed by atoms with Crippen molar-refractivity contribution in [2.75, 3.05) is 18.8 Å². The topological polar surface area (TPSA) is 3.24 Å². The predicted molar refractivity (Wildman–Crippen MR) is 62.5 cm³/mol. The Balaban J connectivity index is 2.42. The lowest BCUT2D eigenvalue weighted by Gasteiger charge is -2.38. The maximum absolute atomic E-state index is 4.40. The molecule has 78 valence electrons. The predicted octanol–water partition coefficient (Wildman–Crippen LogP) is 2.82. The molecule has 0 radical (unpaired) electrons. The fourth-order valence-electron chi connectivity index (χ4n) is 1.99. The van der Waals surface area contributed by atoms with Crippen LogP contribution in [0.4, 0.5) is 0 Å². The fourth-order valence-corrected chi connectivity index (χ4v) is 2.09. The van der Waals surface area contributed by atoms with Crippen LogP contribution >= 0.6 is 12.6 Å². The van der Waals surface area contributed by atoms with E-state index in [2.05, 4.69) is 38.3 Å². The summed E-state index contributed by atoms with van der Waals surface area (Å²) in [6.07, 6.45) is 4.18. The minimum absolute atomic E-state index is 0.370. The molecule has 2 heteroatoms. The van der Waals surface area contributed by atoms with E-state index >= 15 is 0 Å². The summed E-state index contributed by atoms with van der Waals surface area (Å²) in [7, 11) is 0. The van der Waals surface area contributed by atoms with Crippen LogP contribution in [0.3, 0.4) is 0 Å². The zero-order valence-corrected chi connectivity index (χ0v) is 10.1. The smallest absolute Gasteiger partial charge is 0.00671 e. The fraction of sp³-hybridized carbons (Fsp3) is 1.00. The summed E-state index contributed by atoms with van der Waals surface area (Å²) in [5.74, 6) is 0.982. The number of rotatable bonds is 3. The van der Waals surface area contributed by atoms with Gasteiger partial charge < -0.3 is 4.90 Å². The third kappa shape index (κ3) is 3.51. The summed E-state index contributed by atoms with van der Waals surface area (Å²) in [6.45, 7) is 9.46. The molecule has 0 aromatic rings. The number of hydrogen-bond acceptors (Lipinski definition) is 2. The second kappa shape index (κ2) is 4.70. The van der Waals surface area contributed by atoms with Gasteiger partial charge in [-0.15, -0.1) is 0 Å². The van der Waals surface area contributed by atoms with E-state index in [1.807, 2.05) is 0 Å². The molecule has 0 aromatic heterocycles. The number of piperidine rings is 1. The van der Waals surface area contributed by atoms with E-state index in [0.29, 0.717) is 5.41 Å². The quantitative estimate of drug-likeness (QED) is 0.687. The van der Waals surface area contributed by atoms with Crippen LogP contribution in [0.15, 0.2) is 0 Å². The van der Waals surface area contributed by atoms with Crippen molar-refractivity contribution in [3.8, 4) is 0 Å². The van der Waals surface area contributed by atoms with E-state index in [4.69, 9.17) is 0 Å². The van der Waals surface area contributed by atoms with Crippen molar-refractivity contribution in [2.24, 2.45) is 5.41 Å². The Hall–Kier alpha value is 0.310. The molecule has 0 N–H and O–H groups in total. The lowest BCUT2D eigenvalue weighted by atomic mass is 9.93. The zero-order valence-electron chi connectivity index (χ0n) is 9.21. The first kappa shape index (κ1) is 11.4. The molecule has 1 aliphatic rings. The van der Waals surface area contributed by atoms with Gasteiger partial charge >= 0.3 is 0 Å². The molecule has 0 saturated carbocycles. The molecule has 1 rings (SSSR count). The Labute approximate surface area is 88.3 Å². The molecule has 1 nitrogen and oxygen atoms in total. The Kier molecular flexibility index (Phi) is 4.11. The Morgan fingerprint density at radius 1 is 1.38 bits per heavy atom. The normalized spacial score (nSPS) is 26.3. The molecule has 1 heterocycles. The van der Waals surface area contributed by atoms with Crippen molar-refractivity contribution < 1.29 is 0 Å². The first-order valence-electron chi connectivity index (χ1n) is 5.40. The van der Waals surface area contributed by atoms with Gasteiger partial charge in [0.25, 0.3) is 0 Å². The molecule has 1 atom stereocenters. The molecule has 13 heavy (non-hydrogen) atoms. The van der Waals surface area contributed by atoms with E-state index in [-0.39, 0.29) is 0 Å². The standard InChI is InChI=1S/C11H23NS/c1-10-6-4-5-7-12(10)8-11(2,3)9-13/h10,13H,4-9H2,1-3H3. The van der Waals surface area contributed by atoms with Gasteiger partial charge in [0.1, 0.15) is 0 Å². The van der Waals surface area contributed by atoms with Crippen molar-refractivity contribution in [1.82, 2.24) is 4.90 Å². The van der Waals surface area contributed by atoms with Gasteiger partial charge in [-0.1, -0.05) is 20.3 Å². The second-order valence-corrected chi connectivity index (χ2v) is 5.45. The molecule has 1 fully saturated rings. The molecule has 0 bridgehead atoms. The number of hydrogen-bond donors (Lipinski definition) is 1. The van der Waals surface area contributed by atoms with Crippen LogP contribution in [-0.4, -0.2) is 29.8 Å². The molecule has 0 aliphatic carbocycles. The van der Waals surface area contributed by atoms with Gasteiger partial charge in [-0.2, -0.15) is 12.6 Å². The van der Waals surface area contributed by atoms with Gasteiger partial charge in [-0.3, -0.25) is 0 Å². The molecule has 0 amide bonds. The van der Waals surface area contributed by atoms with E-state index in [1.54, 1.807) is 0 Å². The minimum Gasteiger partial charge on any atom is -0.300 e. The maximum atomic E-state index is 4.40. The van der Waals surface area contributed by atoms with Gasteiger partial charge in [0, 0.05) is 12.6 Å². The summed E-state index contributed by atoms with van der Waals surface area (Å²) in [6, 6.07) is 0.785. The van der Waals surface area contributed by atoms with E-state index < -0.39 is 0 Å². The van der Waals surface area contributed by atoms with Crippen molar-refractivity contribution >= 4 is 12.6 Å². The van der Waals surface area contributed by atoms with Crippen LogP contribution < -0.4 is 0 Å². The zero-order chi connectivity index (χ0) is 9.90. The highest BCUT2D eigenvalue weighted by atomic mass is 32.1. The summed E-state index contributed by atoms with van der Waals surface area (Å²) in [5.41, 5.74) is 0.370. The highest BCUT2D eigenvalue weighted by molar-refractivity contribution is 7.80. The van der Waals surface area contributed by atoms with Gasteiger partial charge in [0.2, 0.25) is 0 Å². The molecule has 1 aliphatic heterocycles. The molecule has 1 unspecified atom stereocenters. The van der Waals surface area contributed by atoms with Crippen LogP contribution in [-0.2, 0) is 0 Å². The molecule has 0 spiro atoms. The van der Waals surface area contributed by atoms with Crippen LogP contribution in [0.1, 0.15) is 40.0 Å². The van der Waals surface area contributed by atoms with E-state index in [1.165, 1.54) is 32.4 Å². The monoisotopic (exact) mass is 201 g/mol. The van der Waals surface area contributed by atoms with Gasteiger partial charge in [0.05, 0.1) is 0 Å². The lowest BCUT2D eigenvalue weighted by molar-refractivity contribution is 0.115. The van der Waals surface area contributed by atoms with Crippen LogP contribution in [0.25, 0.3) is 0 Å². The van der Waals surface area contributed by atoms with Crippen LogP contribution in [0, 0.1) is 5.41 Å². The SMILES string of the molecule is CC1CCCCN1CC(C)(C)CS. The second-order valence-electron chi connectivity index (χ2n) is 5.14. The summed E-state index contributed by atoms with van der Waals surface area (Å²) >= 11 is 4.40. The van der Waals surface area contributed by atoms with Crippen LogP contribution in [0.5, 0.6) is 0 Å². The number of nitrogens with zero attached hydrogens (tertiary/aromatic N) is 1. The first-order chi connectivity index (χ1) is 6.05. The largest absolute Gasteiger partial charge is 0.300 e. The van der Waals surface area contributed by atoms with Crippen molar-refractivity contribution in [2.45, 2.75) is 46.1 Å². The van der Waals surface area contributed by atoms with Crippen molar-refractivity contribution in [1.29, 1.82) is 0 Å².